The summed E-state index contributed by atoms with van der Waals surface area (Å²) in [4.78, 5) is 9.26. The number of nitrogens with one attached hydrogen (secondary N) is 2. The number of hydrogen-bond acceptors (Lipinski definition) is 4. The number of nitrogens with zero attached hydrogens (tertiary/aromatic N) is 3. The lowest BCUT2D eigenvalue weighted by atomic mass is 10.0. The Balaban J connectivity index is 0.00000341. The van der Waals surface area contributed by atoms with Crippen LogP contribution in [0.1, 0.15) is 44.1 Å². The Hall–Kier alpha value is -1.13. The van der Waals surface area contributed by atoms with Crippen LogP contribution in [-0.2, 0) is 6.54 Å². The maximum atomic E-state index is 13.9. The van der Waals surface area contributed by atoms with Crippen LogP contribution in [0.15, 0.2) is 23.2 Å². The first-order valence-electron chi connectivity index (χ1n) is 11.3. The highest BCUT2D eigenvalue weighted by molar-refractivity contribution is 14.0. The summed E-state index contributed by atoms with van der Waals surface area (Å²) >= 11 is 0. The standard InChI is InChI=1S/C23H38FN5O.HI/c1-25-23(26-12-15-28(2)20-6-4-5-7-20)27-19-10-13-29(14-11-19)17-18-8-9-22(30-3)21(24)16-18;/h8-9,16,19-20H,4-7,10-15,17H2,1-3H3,(H2,25,26,27);1H. The van der Waals surface area contributed by atoms with Gasteiger partial charge in [0.1, 0.15) is 0 Å². The number of likely N-dealkylation sites (tertiary alicyclic amines) is 1. The van der Waals surface area contributed by atoms with Crippen LogP contribution in [0, 0.1) is 5.82 Å². The number of benzene rings is 1. The Morgan fingerprint density at radius 2 is 1.94 bits per heavy atom. The van der Waals surface area contributed by atoms with E-state index in [1.807, 2.05) is 13.1 Å². The molecule has 6 nitrogen and oxygen atoms in total. The summed E-state index contributed by atoms with van der Waals surface area (Å²) in [5, 5.41) is 7.04. The van der Waals surface area contributed by atoms with E-state index >= 15 is 0 Å². The third-order valence-electron chi connectivity index (χ3n) is 6.48. The first-order chi connectivity index (χ1) is 14.6. The van der Waals surface area contributed by atoms with Crippen molar-refractivity contribution in [3.05, 3.63) is 29.6 Å². The molecule has 1 aliphatic heterocycles. The highest BCUT2D eigenvalue weighted by Gasteiger charge is 2.21. The van der Waals surface area contributed by atoms with Gasteiger partial charge >= 0.3 is 0 Å². The topological polar surface area (TPSA) is 52.1 Å². The molecule has 1 heterocycles. The molecule has 1 aromatic rings. The third-order valence-corrected chi connectivity index (χ3v) is 6.48. The van der Waals surface area contributed by atoms with Gasteiger partial charge in [0.05, 0.1) is 7.11 Å². The molecule has 0 radical (unpaired) electrons. The molecule has 31 heavy (non-hydrogen) atoms. The molecule has 0 bridgehead atoms. The Morgan fingerprint density at radius 3 is 2.55 bits per heavy atom. The minimum Gasteiger partial charge on any atom is -0.494 e. The molecule has 0 amide bonds. The summed E-state index contributed by atoms with van der Waals surface area (Å²) < 4.78 is 18.9. The Labute approximate surface area is 204 Å². The van der Waals surface area contributed by atoms with E-state index in [9.17, 15) is 4.39 Å². The predicted molar refractivity (Wildman–Crippen MR) is 136 cm³/mol. The summed E-state index contributed by atoms with van der Waals surface area (Å²) in [7, 11) is 5.56. The van der Waals surface area contributed by atoms with Crippen molar-refractivity contribution >= 4 is 29.9 Å². The van der Waals surface area contributed by atoms with Crippen molar-refractivity contribution in [2.24, 2.45) is 4.99 Å². The van der Waals surface area contributed by atoms with Crippen molar-refractivity contribution in [2.75, 3.05) is 47.4 Å². The highest BCUT2D eigenvalue weighted by atomic mass is 127. The van der Waals surface area contributed by atoms with Gasteiger partial charge in [-0.15, -0.1) is 24.0 Å². The second-order valence-corrected chi connectivity index (χ2v) is 8.58. The molecule has 3 rings (SSSR count). The van der Waals surface area contributed by atoms with Crippen molar-refractivity contribution in [3.8, 4) is 5.75 Å². The number of methoxy groups -OCH3 is 1. The average Bonchev–Trinajstić information content (AvgIpc) is 3.29. The molecule has 8 heteroatoms. The Kier molecular flexibility index (Phi) is 11.3. The second kappa shape index (κ2) is 13.4. The van der Waals surface area contributed by atoms with Crippen LogP contribution in [0.3, 0.4) is 0 Å². The minimum absolute atomic E-state index is 0. The van der Waals surface area contributed by atoms with E-state index in [0.717, 1.165) is 63.1 Å². The fraction of sp³-hybridized carbons (Fsp3) is 0.696. The van der Waals surface area contributed by atoms with E-state index in [0.29, 0.717) is 11.8 Å². The summed E-state index contributed by atoms with van der Waals surface area (Å²) in [5.74, 6) is 0.903. The van der Waals surface area contributed by atoms with E-state index in [2.05, 4.69) is 32.5 Å². The number of rotatable bonds is 8. The van der Waals surface area contributed by atoms with Gasteiger partial charge in [-0.1, -0.05) is 18.9 Å². The van der Waals surface area contributed by atoms with Crippen LogP contribution < -0.4 is 15.4 Å². The molecule has 0 unspecified atom stereocenters. The Bertz CT molecular complexity index is 691. The molecule has 2 N–H and O–H groups in total. The van der Waals surface area contributed by atoms with Gasteiger partial charge in [-0.2, -0.15) is 0 Å². The van der Waals surface area contributed by atoms with Gasteiger partial charge in [0.2, 0.25) is 0 Å². The largest absolute Gasteiger partial charge is 0.494 e. The van der Waals surface area contributed by atoms with Crippen molar-refractivity contribution in [3.63, 3.8) is 0 Å². The van der Waals surface area contributed by atoms with Gasteiger partial charge in [-0.25, -0.2) is 4.39 Å². The SMILES string of the molecule is CN=C(NCCN(C)C1CCCC1)NC1CCN(Cc2ccc(OC)c(F)c2)CC1.I. The number of piperidine rings is 1. The summed E-state index contributed by atoms with van der Waals surface area (Å²) in [6, 6.07) is 6.41. The van der Waals surface area contributed by atoms with Crippen LogP contribution in [0.2, 0.25) is 0 Å². The first kappa shape index (κ1) is 26.1. The molecule has 0 atom stereocenters. The molecule has 1 saturated heterocycles. The van der Waals surface area contributed by atoms with E-state index in [1.165, 1.54) is 32.8 Å². The lowest BCUT2D eigenvalue weighted by Crippen LogP contribution is -2.49. The summed E-state index contributed by atoms with van der Waals surface area (Å²) in [6.07, 6.45) is 7.54. The average molecular weight is 548 g/mol. The molecule has 1 aliphatic carbocycles. The number of halogens is 2. The van der Waals surface area contributed by atoms with E-state index in [4.69, 9.17) is 4.74 Å². The van der Waals surface area contributed by atoms with Gasteiger partial charge in [-0.05, 0) is 50.4 Å². The van der Waals surface area contributed by atoms with E-state index in [1.54, 1.807) is 12.1 Å². The zero-order valence-corrected chi connectivity index (χ0v) is 21.5. The van der Waals surface area contributed by atoms with Gasteiger partial charge in [0.15, 0.2) is 17.5 Å². The molecule has 176 valence electrons. The fourth-order valence-corrected chi connectivity index (χ4v) is 4.57. The minimum atomic E-state index is -0.292. The zero-order valence-electron chi connectivity index (χ0n) is 19.2. The molecular weight excluding hydrogens is 508 g/mol. The first-order valence-corrected chi connectivity index (χ1v) is 11.3. The van der Waals surface area contributed by atoms with E-state index < -0.39 is 0 Å². The summed E-state index contributed by atoms with van der Waals surface area (Å²) in [6.45, 7) is 4.71. The molecule has 1 aromatic carbocycles. The van der Waals surface area contributed by atoms with Crippen molar-refractivity contribution in [1.29, 1.82) is 0 Å². The fourth-order valence-electron chi connectivity index (χ4n) is 4.57. The molecule has 2 fully saturated rings. The normalized spacial score (nSPS) is 18.8. The Morgan fingerprint density at radius 1 is 1.23 bits per heavy atom. The monoisotopic (exact) mass is 547 g/mol. The lowest BCUT2D eigenvalue weighted by Gasteiger charge is -2.33. The predicted octanol–water partition coefficient (Wildman–Crippen LogP) is 3.46. The second-order valence-electron chi connectivity index (χ2n) is 8.58. The van der Waals surface area contributed by atoms with Crippen LogP contribution in [0.25, 0.3) is 0 Å². The van der Waals surface area contributed by atoms with Crippen LogP contribution in [-0.4, -0.2) is 75.2 Å². The van der Waals surface area contributed by atoms with Crippen molar-refractivity contribution < 1.29 is 9.13 Å². The molecule has 0 spiro atoms. The molecule has 1 saturated carbocycles. The van der Waals surface area contributed by atoms with Gasteiger partial charge in [0.25, 0.3) is 0 Å². The van der Waals surface area contributed by atoms with Crippen LogP contribution >= 0.6 is 24.0 Å². The van der Waals surface area contributed by atoms with Crippen molar-refractivity contribution in [2.45, 2.75) is 57.2 Å². The molecule has 0 aromatic heterocycles. The number of hydrogen-bond donors (Lipinski definition) is 2. The maximum Gasteiger partial charge on any atom is 0.191 e. The molecule has 2 aliphatic rings. The van der Waals surface area contributed by atoms with Crippen molar-refractivity contribution in [1.82, 2.24) is 20.4 Å². The van der Waals surface area contributed by atoms with E-state index in [-0.39, 0.29) is 29.8 Å². The van der Waals surface area contributed by atoms with Crippen LogP contribution in [0.5, 0.6) is 5.75 Å². The van der Waals surface area contributed by atoms with Crippen LogP contribution in [0.4, 0.5) is 4.39 Å². The quantitative estimate of drug-likeness (QED) is 0.297. The number of guanidine groups is 1. The number of aliphatic imine (C=N–C) groups is 1. The number of likely N-dealkylation sites (N-methyl/N-ethyl adjacent to an activating group) is 1. The van der Waals surface area contributed by atoms with Gasteiger partial charge in [0, 0.05) is 51.9 Å². The zero-order chi connectivity index (χ0) is 21.3. The maximum absolute atomic E-state index is 13.9. The highest BCUT2D eigenvalue weighted by Crippen LogP contribution is 2.22. The number of ether oxygens (including phenoxy) is 1. The van der Waals surface area contributed by atoms with Gasteiger partial charge < -0.3 is 20.3 Å². The lowest BCUT2D eigenvalue weighted by molar-refractivity contribution is 0.198. The third kappa shape index (κ3) is 8.05. The van der Waals surface area contributed by atoms with Gasteiger partial charge in [-0.3, -0.25) is 9.89 Å². The summed E-state index contributed by atoms with van der Waals surface area (Å²) in [5.41, 5.74) is 0.989. The smallest absolute Gasteiger partial charge is 0.191 e. The molecular formula is C23H39FIN5O.